The van der Waals surface area contributed by atoms with Crippen LogP contribution in [0, 0.1) is 5.82 Å². The monoisotopic (exact) mass is 200 g/mol. The van der Waals surface area contributed by atoms with Crippen LogP contribution in [0.1, 0.15) is 12.8 Å². The van der Waals surface area contributed by atoms with Crippen molar-refractivity contribution in [2.45, 2.75) is 24.3 Å². The van der Waals surface area contributed by atoms with Crippen LogP contribution in [-0.4, -0.2) is 16.4 Å². The Labute approximate surface area is 81.1 Å². The lowest BCUT2D eigenvalue weighted by Crippen LogP contribution is -2.36. The fraction of sp³-hybridized carbons (Fsp3) is 0.444. The van der Waals surface area contributed by atoms with E-state index < -0.39 is 0 Å². The van der Waals surface area contributed by atoms with Gasteiger partial charge in [-0.05, 0) is 25.0 Å². The maximum Gasteiger partial charge on any atom is 0.165 e. The molecule has 1 aromatic rings. The van der Waals surface area contributed by atoms with E-state index in [1.165, 1.54) is 6.07 Å². The highest BCUT2D eigenvalue weighted by Crippen LogP contribution is 2.28. The number of halogens is 2. The van der Waals surface area contributed by atoms with Crippen molar-refractivity contribution < 1.29 is 4.39 Å². The van der Waals surface area contributed by atoms with Crippen molar-refractivity contribution in [3.8, 4) is 0 Å². The second-order valence-corrected chi connectivity index (χ2v) is 3.86. The molecule has 1 saturated carbocycles. The topological polar surface area (TPSA) is 24.9 Å². The van der Waals surface area contributed by atoms with Crippen LogP contribution in [0.25, 0.3) is 0 Å². The molecule has 0 bridgehead atoms. The molecule has 0 saturated heterocycles. The second-order valence-electron chi connectivity index (χ2n) is 3.24. The van der Waals surface area contributed by atoms with Crippen LogP contribution >= 0.6 is 11.6 Å². The Hall–Kier alpha value is -0.830. The number of hydrogen-bond donors (Lipinski definition) is 1. The minimum atomic E-state index is -0.305. The zero-order valence-electron chi connectivity index (χ0n) is 7.00. The van der Waals surface area contributed by atoms with Gasteiger partial charge in [0.1, 0.15) is 0 Å². The van der Waals surface area contributed by atoms with E-state index in [1.807, 2.05) is 0 Å². The van der Waals surface area contributed by atoms with Gasteiger partial charge in [0.25, 0.3) is 0 Å². The summed E-state index contributed by atoms with van der Waals surface area (Å²) in [5.41, 5.74) is 0. The normalized spacial score (nSPS) is 26.6. The van der Waals surface area contributed by atoms with Gasteiger partial charge in [-0.25, -0.2) is 9.37 Å². The Bertz CT molecular complexity index is 299. The molecule has 2 rings (SSSR count). The average molecular weight is 201 g/mol. The smallest absolute Gasteiger partial charge is 0.165 e. The molecule has 1 fully saturated rings. The molecule has 0 amide bonds. The molecule has 1 aromatic heterocycles. The van der Waals surface area contributed by atoms with Gasteiger partial charge in [0, 0.05) is 17.6 Å². The summed E-state index contributed by atoms with van der Waals surface area (Å²) in [5.74, 6) is 0.0246. The summed E-state index contributed by atoms with van der Waals surface area (Å²) in [7, 11) is 0. The maximum absolute atomic E-state index is 13.0. The summed E-state index contributed by atoms with van der Waals surface area (Å²) < 4.78 is 13.0. The molecular weight excluding hydrogens is 191 g/mol. The largest absolute Gasteiger partial charge is 0.365 e. The van der Waals surface area contributed by atoms with Crippen molar-refractivity contribution in [3.63, 3.8) is 0 Å². The number of aromatic nitrogens is 1. The third-order valence-electron chi connectivity index (χ3n) is 2.18. The summed E-state index contributed by atoms with van der Waals surface area (Å²) >= 11 is 5.80. The number of nitrogens with one attached hydrogen (secondary N) is 1. The maximum atomic E-state index is 13.0. The molecule has 13 heavy (non-hydrogen) atoms. The van der Waals surface area contributed by atoms with Crippen LogP contribution in [0.5, 0.6) is 0 Å². The second kappa shape index (κ2) is 3.50. The Morgan fingerprint density at radius 2 is 2.31 bits per heavy atom. The van der Waals surface area contributed by atoms with Gasteiger partial charge in [-0.2, -0.15) is 0 Å². The molecular formula is C9H10ClFN2. The van der Waals surface area contributed by atoms with Gasteiger partial charge in [-0.3, -0.25) is 0 Å². The number of pyridine rings is 1. The van der Waals surface area contributed by atoms with E-state index in [-0.39, 0.29) is 17.2 Å². The van der Waals surface area contributed by atoms with Crippen LogP contribution in [0.2, 0.25) is 0 Å². The molecule has 0 atom stereocenters. The van der Waals surface area contributed by atoms with E-state index in [9.17, 15) is 4.39 Å². The lowest BCUT2D eigenvalue weighted by atomic mass is 9.92. The van der Waals surface area contributed by atoms with Crippen molar-refractivity contribution in [2.75, 3.05) is 5.32 Å². The van der Waals surface area contributed by atoms with Crippen LogP contribution < -0.4 is 5.32 Å². The Kier molecular flexibility index (Phi) is 2.36. The highest BCUT2D eigenvalue weighted by atomic mass is 35.5. The Morgan fingerprint density at radius 3 is 2.92 bits per heavy atom. The minimum Gasteiger partial charge on any atom is -0.365 e. The molecule has 70 valence electrons. The van der Waals surface area contributed by atoms with Crippen molar-refractivity contribution >= 4 is 17.4 Å². The molecule has 2 nitrogen and oxygen atoms in total. The predicted molar refractivity (Wildman–Crippen MR) is 50.5 cm³/mol. The quantitative estimate of drug-likeness (QED) is 0.742. The van der Waals surface area contributed by atoms with Crippen LogP contribution in [0.3, 0.4) is 0 Å². The molecule has 1 aliphatic rings. The number of rotatable bonds is 2. The highest BCUT2D eigenvalue weighted by molar-refractivity contribution is 6.21. The lowest BCUT2D eigenvalue weighted by molar-refractivity contribution is 0.450. The first-order valence-electron chi connectivity index (χ1n) is 4.27. The van der Waals surface area contributed by atoms with Gasteiger partial charge < -0.3 is 5.32 Å². The van der Waals surface area contributed by atoms with Crippen LogP contribution in [0.4, 0.5) is 10.2 Å². The highest BCUT2D eigenvalue weighted by Gasteiger charge is 2.27. The fourth-order valence-electron chi connectivity index (χ4n) is 1.35. The average Bonchev–Trinajstić information content (AvgIpc) is 2.06. The zero-order chi connectivity index (χ0) is 9.26. The van der Waals surface area contributed by atoms with E-state index in [1.54, 1.807) is 12.3 Å². The van der Waals surface area contributed by atoms with Gasteiger partial charge >= 0.3 is 0 Å². The molecule has 0 unspecified atom stereocenters. The number of hydrogen-bond acceptors (Lipinski definition) is 2. The van der Waals surface area contributed by atoms with Crippen molar-refractivity contribution in [3.05, 3.63) is 24.1 Å². The standard InChI is InChI=1S/C9H10ClFN2/c10-6-4-7(5-6)13-9-8(11)2-1-3-12-9/h1-3,6-7H,4-5H2,(H,12,13). The molecule has 1 heterocycles. The predicted octanol–water partition coefficient (Wildman–Crippen LogP) is 2.40. The number of alkyl halides is 1. The third kappa shape index (κ3) is 1.91. The van der Waals surface area contributed by atoms with E-state index >= 15 is 0 Å². The summed E-state index contributed by atoms with van der Waals surface area (Å²) in [6.07, 6.45) is 3.34. The Morgan fingerprint density at radius 1 is 1.54 bits per heavy atom. The number of nitrogens with zero attached hydrogens (tertiary/aromatic N) is 1. The molecule has 0 radical (unpaired) electrons. The van der Waals surface area contributed by atoms with Crippen LogP contribution in [0.15, 0.2) is 18.3 Å². The van der Waals surface area contributed by atoms with Gasteiger partial charge in [0.2, 0.25) is 0 Å². The number of anilines is 1. The molecule has 1 N–H and O–H groups in total. The molecule has 0 aromatic carbocycles. The summed E-state index contributed by atoms with van der Waals surface area (Å²) in [6, 6.07) is 3.25. The van der Waals surface area contributed by atoms with Crippen molar-refractivity contribution in [1.29, 1.82) is 0 Å². The third-order valence-corrected chi connectivity index (χ3v) is 2.54. The molecule has 0 aliphatic heterocycles. The van der Waals surface area contributed by atoms with Crippen molar-refractivity contribution in [1.82, 2.24) is 4.98 Å². The van der Waals surface area contributed by atoms with Crippen molar-refractivity contribution in [2.24, 2.45) is 0 Å². The van der Waals surface area contributed by atoms with E-state index in [0.717, 1.165) is 12.8 Å². The lowest BCUT2D eigenvalue weighted by Gasteiger charge is -2.31. The first-order valence-corrected chi connectivity index (χ1v) is 4.70. The van der Waals surface area contributed by atoms with E-state index in [4.69, 9.17) is 11.6 Å². The summed E-state index contributed by atoms with van der Waals surface area (Å²) in [4.78, 5) is 3.90. The molecule has 4 heteroatoms. The molecule has 1 aliphatic carbocycles. The SMILES string of the molecule is Fc1cccnc1NC1CC(Cl)C1. The summed E-state index contributed by atoms with van der Waals surface area (Å²) in [5, 5.41) is 3.25. The van der Waals surface area contributed by atoms with Crippen LogP contribution in [-0.2, 0) is 0 Å². The van der Waals surface area contributed by atoms with Gasteiger partial charge in [0.05, 0.1) is 0 Å². The summed E-state index contributed by atoms with van der Waals surface area (Å²) in [6.45, 7) is 0. The van der Waals surface area contributed by atoms with Gasteiger partial charge in [0.15, 0.2) is 11.6 Å². The van der Waals surface area contributed by atoms with Gasteiger partial charge in [-0.1, -0.05) is 0 Å². The van der Waals surface area contributed by atoms with E-state index in [2.05, 4.69) is 10.3 Å². The van der Waals surface area contributed by atoms with E-state index in [0.29, 0.717) is 5.82 Å². The Balaban J connectivity index is 1.98. The minimum absolute atomic E-state index is 0.240. The zero-order valence-corrected chi connectivity index (χ0v) is 7.76. The first-order chi connectivity index (χ1) is 6.25. The van der Waals surface area contributed by atoms with Gasteiger partial charge in [-0.15, -0.1) is 11.6 Å². The fourth-order valence-corrected chi connectivity index (χ4v) is 1.78. The molecule has 0 spiro atoms. The first kappa shape index (κ1) is 8.75.